The van der Waals surface area contributed by atoms with Crippen LogP contribution >= 0.6 is 31.9 Å². The van der Waals surface area contributed by atoms with E-state index in [2.05, 4.69) is 36.8 Å². The van der Waals surface area contributed by atoms with Crippen LogP contribution in [0.2, 0.25) is 0 Å². The fourth-order valence-electron chi connectivity index (χ4n) is 1.60. The summed E-state index contributed by atoms with van der Waals surface area (Å²) in [5.41, 5.74) is 3.05. The largest absolute Gasteiger partial charge is 0.487 e. The van der Waals surface area contributed by atoms with Gasteiger partial charge in [0.1, 0.15) is 12.4 Å². The lowest BCUT2D eigenvalue weighted by Gasteiger charge is -2.11. The van der Waals surface area contributed by atoms with Crippen LogP contribution in [0.4, 0.5) is 0 Å². The van der Waals surface area contributed by atoms with Gasteiger partial charge in [0.2, 0.25) is 0 Å². The van der Waals surface area contributed by atoms with E-state index >= 15 is 0 Å². The quantitative estimate of drug-likeness (QED) is 0.732. The maximum Gasteiger partial charge on any atom is 0.142 e. The third-order valence-corrected chi connectivity index (χ3v) is 3.84. The summed E-state index contributed by atoms with van der Waals surface area (Å²) in [6.45, 7) is 2.51. The molecule has 0 aliphatic heterocycles. The first kappa shape index (κ1) is 13.6. The van der Waals surface area contributed by atoms with Crippen molar-refractivity contribution in [3.05, 3.63) is 57.8 Å². The van der Waals surface area contributed by atoms with Gasteiger partial charge in [-0.25, -0.2) is 0 Å². The van der Waals surface area contributed by atoms with Crippen LogP contribution in [0.5, 0.6) is 5.75 Å². The van der Waals surface area contributed by atoms with Gasteiger partial charge in [0, 0.05) is 21.1 Å². The van der Waals surface area contributed by atoms with Crippen LogP contribution in [-0.4, -0.2) is 4.98 Å². The molecule has 0 unspecified atom stereocenters. The minimum Gasteiger partial charge on any atom is -0.487 e. The van der Waals surface area contributed by atoms with Crippen LogP contribution in [-0.2, 0) is 11.9 Å². The summed E-state index contributed by atoms with van der Waals surface area (Å²) in [4.78, 5) is 4.44. The van der Waals surface area contributed by atoms with Crippen LogP contribution in [0, 0.1) is 6.92 Å². The van der Waals surface area contributed by atoms with Crippen LogP contribution in [0.1, 0.15) is 17.0 Å². The van der Waals surface area contributed by atoms with Crippen molar-refractivity contribution < 1.29 is 4.74 Å². The van der Waals surface area contributed by atoms with Crippen LogP contribution in [0.15, 0.2) is 40.9 Å². The number of hydrogen-bond acceptors (Lipinski definition) is 2. The van der Waals surface area contributed by atoms with E-state index in [4.69, 9.17) is 4.74 Å². The van der Waals surface area contributed by atoms with Crippen LogP contribution < -0.4 is 4.74 Å². The molecule has 0 bridgehead atoms. The molecule has 2 rings (SSSR count). The van der Waals surface area contributed by atoms with Crippen molar-refractivity contribution in [3.63, 3.8) is 0 Å². The molecule has 1 heterocycles. The summed E-state index contributed by atoms with van der Waals surface area (Å²) in [6.07, 6.45) is 0. The Kier molecular flexibility index (Phi) is 4.78. The molecule has 0 spiro atoms. The first-order valence-corrected chi connectivity index (χ1v) is 7.51. The maximum atomic E-state index is 5.83. The van der Waals surface area contributed by atoms with Crippen LogP contribution in [0.3, 0.4) is 0 Å². The summed E-state index contributed by atoms with van der Waals surface area (Å²) in [7, 11) is 0. The molecule has 0 radical (unpaired) electrons. The highest BCUT2D eigenvalue weighted by Crippen LogP contribution is 2.23. The molecule has 0 N–H and O–H groups in total. The van der Waals surface area contributed by atoms with Gasteiger partial charge in [0.05, 0.1) is 5.69 Å². The van der Waals surface area contributed by atoms with Crippen molar-refractivity contribution in [3.8, 4) is 5.75 Å². The molecule has 0 aliphatic rings. The first-order chi connectivity index (χ1) is 8.70. The zero-order valence-corrected chi connectivity index (χ0v) is 13.2. The standard InChI is InChI=1S/C14H13Br2NO/c1-10-6-7-14(13(8-15)17-10)18-9-11-4-2-3-5-12(11)16/h2-7H,8-9H2,1H3. The van der Waals surface area contributed by atoms with Crippen molar-refractivity contribution in [1.82, 2.24) is 4.98 Å². The lowest BCUT2D eigenvalue weighted by molar-refractivity contribution is 0.301. The third kappa shape index (κ3) is 3.33. The minimum atomic E-state index is 0.534. The summed E-state index contributed by atoms with van der Waals surface area (Å²) in [5.74, 6) is 0.827. The average Bonchev–Trinajstić information content (AvgIpc) is 2.39. The summed E-state index contributed by atoms with van der Waals surface area (Å²) in [6, 6.07) is 12.0. The molecule has 0 saturated carbocycles. The molecule has 2 aromatic rings. The lowest BCUT2D eigenvalue weighted by atomic mass is 10.2. The van der Waals surface area contributed by atoms with Gasteiger partial charge in [0.25, 0.3) is 0 Å². The Bertz CT molecular complexity index is 543. The zero-order chi connectivity index (χ0) is 13.0. The minimum absolute atomic E-state index is 0.534. The summed E-state index contributed by atoms with van der Waals surface area (Å²) >= 11 is 6.94. The number of ether oxygens (including phenoxy) is 1. The van der Waals surface area contributed by atoms with Gasteiger partial charge in [0.15, 0.2) is 0 Å². The highest BCUT2D eigenvalue weighted by Gasteiger charge is 2.06. The molecule has 0 atom stereocenters. The van der Waals surface area contributed by atoms with Crippen molar-refractivity contribution >= 4 is 31.9 Å². The smallest absolute Gasteiger partial charge is 0.142 e. The molecule has 1 aromatic heterocycles. The van der Waals surface area contributed by atoms with Gasteiger partial charge in [-0.05, 0) is 25.1 Å². The number of alkyl halides is 1. The molecular weight excluding hydrogens is 358 g/mol. The second-order valence-electron chi connectivity index (χ2n) is 3.91. The van der Waals surface area contributed by atoms with Gasteiger partial charge < -0.3 is 4.74 Å². The van der Waals surface area contributed by atoms with Gasteiger partial charge in [-0.15, -0.1) is 0 Å². The van der Waals surface area contributed by atoms with Crippen molar-refractivity contribution in [1.29, 1.82) is 0 Å². The number of pyridine rings is 1. The van der Waals surface area contributed by atoms with Gasteiger partial charge in [-0.2, -0.15) is 0 Å². The average molecular weight is 371 g/mol. The molecule has 1 aromatic carbocycles. The Labute approximate surface area is 124 Å². The third-order valence-electron chi connectivity index (χ3n) is 2.54. The fraction of sp³-hybridized carbons (Fsp3) is 0.214. The molecule has 4 heteroatoms. The molecule has 18 heavy (non-hydrogen) atoms. The van der Waals surface area contributed by atoms with E-state index in [1.807, 2.05) is 43.3 Å². The molecule has 94 valence electrons. The number of hydrogen-bond donors (Lipinski definition) is 0. The van der Waals surface area contributed by atoms with Crippen molar-refractivity contribution in [2.45, 2.75) is 18.9 Å². The topological polar surface area (TPSA) is 22.1 Å². The van der Waals surface area contributed by atoms with E-state index in [-0.39, 0.29) is 0 Å². The summed E-state index contributed by atoms with van der Waals surface area (Å²) in [5, 5.41) is 0.694. The van der Waals surface area contributed by atoms with E-state index in [9.17, 15) is 0 Å². The van der Waals surface area contributed by atoms with Crippen LogP contribution in [0.25, 0.3) is 0 Å². The number of benzene rings is 1. The monoisotopic (exact) mass is 369 g/mol. The normalized spacial score (nSPS) is 10.4. The second kappa shape index (κ2) is 6.34. The van der Waals surface area contributed by atoms with Crippen molar-refractivity contribution in [2.24, 2.45) is 0 Å². The number of halogens is 2. The molecule has 0 aliphatic carbocycles. The van der Waals surface area contributed by atoms with E-state index in [0.717, 1.165) is 27.2 Å². The molecule has 0 saturated heterocycles. The van der Waals surface area contributed by atoms with E-state index in [1.54, 1.807) is 0 Å². The predicted octanol–water partition coefficient (Wildman–Crippen LogP) is 4.63. The Balaban J connectivity index is 2.13. The molecule has 0 fully saturated rings. The first-order valence-electron chi connectivity index (χ1n) is 5.59. The van der Waals surface area contributed by atoms with E-state index in [0.29, 0.717) is 11.9 Å². The van der Waals surface area contributed by atoms with Gasteiger partial charge >= 0.3 is 0 Å². The lowest BCUT2D eigenvalue weighted by Crippen LogP contribution is -2.00. The molecular formula is C14H13Br2NO. The molecule has 2 nitrogen and oxygen atoms in total. The number of nitrogens with zero attached hydrogens (tertiary/aromatic N) is 1. The Morgan fingerprint density at radius 1 is 1.17 bits per heavy atom. The maximum absolute atomic E-state index is 5.83. The Hall–Kier alpha value is -0.870. The SMILES string of the molecule is Cc1ccc(OCc2ccccc2Br)c(CBr)n1. The number of aromatic nitrogens is 1. The number of aryl methyl sites for hydroxylation is 1. The zero-order valence-electron chi connectivity index (χ0n) is 9.99. The summed E-state index contributed by atoms with van der Waals surface area (Å²) < 4.78 is 6.89. The van der Waals surface area contributed by atoms with E-state index < -0.39 is 0 Å². The highest BCUT2D eigenvalue weighted by atomic mass is 79.9. The Morgan fingerprint density at radius 2 is 1.94 bits per heavy atom. The Morgan fingerprint density at radius 3 is 2.67 bits per heavy atom. The van der Waals surface area contributed by atoms with Gasteiger partial charge in [-0.3, -0.25) is 4.98 Å². The highest BCUT2D eigenvalue weighted by molar-refractivity contribution is 9.10. The fourth-order valence-corrected chi connectivity index (χ4v) is 2.40. The van der Waals surface area contributed by atoms with Crippen molar-refractivity contribution in [2.75, 3.05) is 0 Å². The molecule has 0 amide bonds. The number of rotatable bonds is 4. The second-order valence-corrected chi connectivity index (χ2v) is 5.33. The predicted molar refractivity (Wildman–Crippen MR) is 80.1 cm³/mol. The van der Waals surface area contributed by atoms with E-state index in [1.165, 1.54) is 0 Å². The van der Waals surface area contributed by atoms with Gasteiger partial charge in [-0.1, -0.05) is 50.1 Å².